The molecule has 1 fully saturated rings. The van der Waals surface area contributed by atoms with Crippen molar-refractivity contribution in [1.29, 1.82) is 0 Å². The van der Waals surface area contributed by atoms with Crippen LogP contribution in [0.5, 0.6) is 11.5 Å². The summed E-state index contributed by atoms with van der Waals surface area (Å²) < 4.78 is 24.6. The van der Waals surface area contributed by atoms with Gasteiger partial charge in [0, 0.05) is 37.4 Å². The first kappa shape index (κ1) is 17.8. The number of anilines is 1. The predicted octanol–water partition coefficient (Wildman–Crippen LogP) is 2.88. The smallest absolute Gasteiger partial charge is 0.319 e. The van der Waals surface area contributed by atoms with E-state index >= 15 is 0 Å². The second-order valence-corrected chi connectivity index (χ2v) is 7.17. The third-order valence-corrected chi connectivity index (χ3v) is 5.28. The van der Waals surface area contributed by atoms with E-state index in [1.807, 2.05) is 12.1 Å². The molecular formula is C21H23FN2O3. The van der Waals surface area contributed by atoms with E-state index < -0.39 is 11.7 Å². The fourth-order valence-corrected chi connectivity index (χ4v) is 3.81. The first-order valence-electron chi connectivity index (χ1n) is 9.21. The topological polar surface area (TPSA) is 50.8 Å². The number of fused-ring (bicyclic) bond motifs is 1. The van der Waals surface area contributed by atoms with Gasteiger partial charge in [0.25, 0.3) is 0 Å². The Bertz CT molecular complexity index is 871. The Morgan fingerprint density at radius 1 is 1.26 bits per heavy atom. The van der Waals surface area contributed by atoms with Crippen LogP contribution in [0.4, 0.5) is 10.1 Å². The first-order chi connectivity index (χ1) is 13.0. The summed E-state index contributed by atoms with van der Waals surface area (Å²) >= 11 is 0. The maximum atomic E-state index is 14.0. The Morgan fingerprint density at radius 3 is 2.85 bits per heavy atom. The zero-order valence-corrected chi connectivity index (χ0v) is 15.5. The summed E-state index contributed by atoms with van der Waals surface area (Å²) in [6.07, 6.45) is 0.498. The van der Waals surface area contributed by atoms with E-state index in [9.17, 15) is 9.18 Å². The molecule has 2 aliphatic rings. The van der Waals surface area contributed by atoms with E-state index in [2.05, 4.69) is 23.2 Å². The molecule has 0 saturated carbocycles. The number of nitrogens with zero attached hydrogens (tertiary/aromatic N) is 1. The van der Waals surface area contributed by atoms with Gasteiger partial charge in [0.15, 0.2) is 11.6 Å². The number of ether oxygens (including phenoxy) is 2. The van der Waals surface area contributed by atoms with E-state index in [4.69, 9.17) is 9.47 Å². The Kier molecular flexibility index (Phi) is 4.74. The number of methoxy groups -OCH3 is 1. The molecule has 1 unspecified atom stereocenters. The number of esters is 1. The average molecular weight is 370 g/mol. The molecule has 0 aromatic heterocycles. The molecule has 2 atom stereocenters. The maximum absolute atomic E-state index is 14.0. The molecule has 6 heteroatoms. The van der Waals surface area contributed by atoms with Gasteiger partial charge in [-0.25, -0.2) is 4.39 Å². The number of halogens is 1. The maximum Gasteiger partial charge on any atom is 0.319 e. The van der Waals surface area contributed by atoms with Crippen molar-refractivity contribution in [3.8, 4) is 11.5 Å². The summed E-state index contributed by atoms with van der Waals surface area (Å²) in [6, 6.07) is 11.1. The number of hydrogen-bond donors (Lipinski definition) is 1. The number of nitrogens with one attached hydrogen (secondary N) is 1. The molecule has 142 valence electrons. The third kappa shape index (κ3) is 3.49. The van der Waals surface area contributed by atoms with Crippen LogP contribution in [0.15, 0.2) is 36.4 Å². The Morgan fingerprint density at radius 2 is 2.11 bits per heavy atom. The fourth-order valence-electron chi connectivity index (χ4n) is 3.81. The molecule has 27 heavy (non-hydrogen) atoms. The van der Waals surface area contributed by atoms with Crippen molar-refractivity contribution in [2.45, 2.75) is 25.3 Å². The van der Waals surface area contributed by atoms with Gasteiger partial charge in [0.2, 0.25) is 0 Å². The first-order valence-corrected chi connectivity index (χ1v) is 9.21. The lowest BCUT2D eigenvalue weighted by atomic mass is 9.89. The van der Waals surface area contributed by atoms with E-state index in [-0.39, 0.29) is 11.7 Å². The van der Waals surface area contributed by atoms with Crippen molar-refractivity contribution in [2.75, 3.05) is 31.6 Å². The van der Waals surface area contributed by atoms with Crippen LogP contribution in [0.1, 0.15) is 24.0 Å². The minimum atomic E-state index is -0.511. The van der Waals surface area contributed by atoms with Crippen molar-refractivity contribution >= 4 is 11.7 Å². The lowest BCUT2D eigenvalue weighted by Crippen LogP contribution is -2.49. The van der Waals surface area contributed by atoms with Crippen LogP contribution in [-0.4, -0.2) is 38.8 Å². The number of piperazine rings is 1. The standard InChI is InChI=1S/C21H23FN2O3/c1-13-12-24(8-7-23-13)16-5-3-15-9-17(21(25)27-20(15)11-16)14-4-6-19(26-2)18(22)10-14/h3-6,10-11,13,17,23H,7-9,12H2,1-2H3/t13-,17?/m0/s1. The monoisotopic (exact) mass is 370 g/mol. The van der Waals surface area contributed by atoms with Gasteiger partial charge in [-0.1, -0.05) is 12.1 Å². The highest BCUT2D eigenvalue weighted by Crippen LogP contribution is 2.37. The molecule has 2 aromatic carbocycles. The Hall–Kier alpha value is -2.60. The van der Waals surface area contributed by atoms with E-state index in [0.29, 0.717) is 23.8 Å². The molecule has 1 N–H and O–H groups in total. The van der Waals surface area contributed by atoms with Crippen molar-refractivity contribution in [2.24, 2.45) is 0 Å². The van der Waals surface area contributed by atoms with Crippen molar-refractivity contribution < 1.29 is 18.7 Å². The van der Waals surface area contributed by atoms with Crippen LogP contribution in [0, 0.1) is 5.82 Å². The molecule has 1 saturated heterocycles. The van der Waals surface area contributed by atoms with Crippen molar-refractivity contribution in [3.63, 3.8) is 0 Å². The Balaban J connectivity index is 1.57. The minimum Gasteiger partial charge on any atom is -0.494 e. The minimum absolute atomic E-state index is 0.165. The highest BCUT2D eigenvalue weighted by Gasteiger charge is 2.31. The zero-order chi connectivity index (χ0) is 19.0. The summed E-state index contributed by atoms with van der Waals surface area (Å²) in [4.78, 5) is 14.9. The highest BCUT2D eigenvalue weighted by molar-refractivity contribution is 5.83. The Labute approximate surface area is 158 Å². The van der Waals surface area contributed by atoms with Crippen LogP contribution in [0.2, 0.25) is 0 Å². The van der Waals surface area contributed by atoms with Crippen LogP contribution >= 0.6 is 0 Å². The molecule has 4 rings (SSSR count). The number of carbonyl (C=O) groups is 1. The van der Waals surface area contributed by atoms with E-state index in [0.717, 1.165) is 30.9 Å². The molecular weight excluding hydrogens is 347 g/mol. The summed E-state index contributed by atoms with van der Waals surface area (Å²) in [6.45, 7) is 4.93. The van der Waals surface area contributed by atoms with Gasteiger partial charge in [0.05, 0.1) is 13.0 Å². The number of rotatable bonds is 3. The molecule has 0 bridgehead atoms. The molecule has 5 nitrogen and oxygen atoms in total. The summed E-state index contributed by atoms with van der Waals surface area (Å²) in [5.74, 6) is -0.565. The fraction of sp³-hybridized carbons (Fsp3) is 0.381. The van der Waals surface area contributed by atoms with E-state index in [1.54, 1.807) is 12.1 Å². The second-order valence-electron chi connectivity index (χ2n) is 7.17. The van der Waals surface area contributed by atoms with Crippen molar-refractivity contribution in [3.05, 3.63) is 53.3 Å². The number of carbonyl (C=O) groups excluding carboxylic acids is 1. The number of benzene rings is 2. The number of hydrogen-bond acceptors (Lipinski definition) is 5. The van der Waals surface area contributed by atoms with Crippen molar-refractivity contribution in [1.82, 2.24) is 5.32 Å². The quantitative estimate of drug-likeness (QED) is 0.665. The molecule has 0 radical (unpaired) electrons. The van der Waals surface area contributed by atoms with Gasteiger partial charge >= 0.3 is 5.97 Å². The largest absolute Gasteiger partial charge is 0.494 e. The highest BCUT2D eigenvalue weighted by atomic mass is 19.1. The lowest BCUT2D eigenvalue weighted by molar-refractivity contribution is -0.137. The average Bonchev–Trinajstić information content (AvgIpc) is 2.67. The lowest BCUT2D eigenvalue weighted by Gasteiger charge is -2.34. The molecule has 2 aromatic rings. The van der Waals surface area contributed by atoms with E-state index in [1.165, 1.54) is 13.2 Å². The predicted molar refractivity (Wildman–Crippen MR) is 101 cm³/mol. The van der Waals surface area contributed by atoms with Gasteiger partial charge in [0.1, 0.15) is 5.75 Å². The summed E-state index contributed by atoms with van der Waals surface area (Å²) in [7, 11) is 1.42. The molecule has 2 aliphatic heterocycles. The summed E-state index contributed by atoms with van der Waals surface area (Å²) in [5, 5.41) is 3.42. The third-order valence-electron chi connectivity index (χ3n) is 5.28. The second kappa shape index (κ2) is 7.19. The van der Waals surface area contributed by atoms with Gasteiger partial charge < -0.3 is 19.7 Å². The van der Waals surface area contributed by atoms with Crippen LogP contribution in [0.3, 0.4) is 0 Å². The normalized spacial score (nSPS) is 22.2. The summed E-state index contributed by atoms with van der Waals surface area (Å²) in [5.41, 5.74) is 2.62. The molecule has 0 spiro atoms. The zero-order valence-electron chi connectivity index (χ0n) is 15.5. The van der Waals surface area contributed by atoms with Crippen LogP contribution in [0.25, 0.3) is 0 Å². The van der Waals surface area contributed by atoms with Crippen LogP contribution in [-0.2, 0) is 11.2 Å². The molecule has 0 aliphatic carbocycles. The van der Waals surface area contributed by atoms with Gasteiger partial charge in [-0.3, -0.25) is 4.79 Å². The molecule has 2 heterocycles. The SMILES string of the molecule is COc1ccc(C2Cc3ccc(N4CCN[C@@H](C)C4)cc3OC2=O)cc1F. The van der Waals surface area contributed by atoms with Gasteiger partial charge in [-0.15, -0.1) is 0 Å². The van der Waals surface area contributed by atoms with Gasteiger partial charge in [-0.05, 0) is 42.7 Å². The van der Waals surface area contributed by atoms with Crippen LogP contribution < -0.4 is 19.7 Å². The molecule has 0 amide bonds. The van der Waals surface area contributed by atoms with Gasteiger partial charge in [-0.2, -0.15) is 0 Å².